The number of benzene rings is 3. The number of halogens is 1. The molecular formula is C23H19BrO2. The Labute approximate surface area is 162 Å². The summed E-state index contributed by atoms with van der Waals surface area (Å²) < 4.78 is 5.88. The van der Waals surface area contributed by atoms with E-state index in [4.69, 9.17) is 4.74 Å². The van der Waals surface area contributed by atoms with Crippen molar-refractivity contribution >= 4 is 21.9 Å². The highest BCUT2D eigenvalue weighted by molar-refractivity contribution is 9.10. The van der Waals surface area contributed by atoms with E-state index in [0.717, 1.165) is 15.6 Å². The topological polar surface area (TPSA) is 26.3 Å². The molecule has 0 saturated carbocycles. The largest absolute Gasteiger partial charge is 0.465 e. The Morgan fingerprint density at radius 1 is 0.885 bits per heavy atom. The Morgan fingerprint density at radius 3 is 2.27 bits per heavy atom. The zero-order chi connectivity index (χ0) is 18.5. The van der Waals surface area contributed by atoms with Gasteiger partial charge in [0.05, 0.1) is 12.7 Å². The maximum absolute atomic E-state index is 12.4. The summed E-state index contributed by atoms with van der Waals surface area (Å²) in [4.78, 5) is 12.4. The summed E-state index contributed by atoms with van der Waals surface area (Å²) in [6.45, 7) is 4.50. The summed E-state index contributed by atoms with van der Waals surface area (Å²) in [7, 11) is 1.42. The number of hydrogen-bond acceptors (Lipinski definition) is 2. The van der Waals surface area contributed by atoms with Crippen molar-refractivity contribution in [1.29, 1.82) is 0 Å². The number of fused-ring (bicyclic) bond motifs is 3. The summed E-state index contributed by atoms with van der Waals surface area (Å²) in [5, 5.41) is 0. The lowest BCUT2D eigenvalue weighted by Gasteiger charge is -2.25. The fourth-order valence-electron chi connectivity index (χ4n) is 4.10. The first-order valence-electron chi connectivity index (χ1n) is 8.56. The smallest absolute Gasteiger partial charge is 0.338 e. The van der Waals surface area contributed by atoms with Gasteiger partial charge in [-0.25, -0.2) is 4.79 Å². The van der Waals surface area contributed by atoms with Crippen LogP contribution in [0.25, 0.3) is 22.3 Å². The van der Waals surface area contributed by atoms with Gasteiger partial charge in [-0.2, -0.15) is 0 Å². The number of esters is 1. The van der Waals surface area contributed by atoms with E-state index in [9.17, 15) is 4.79 Å². The second kappa shape index (κ2) is 6.10. The summed E-state index contributed by atoms with van der Waals surface area (Å²) in [6.07, 6.45) is 0. The number of methoxy groups -OCH3 is 1. The molecule has 0 unspecified atom stereocenters. The van der Waals surface area contributed by atoms with Crippen LogP contribution < -0.4 is 0 Å². The molecule has 0 aromatic heterocycles. The third kappa shape index (κ3) is 2.42. The third-order valence-electron chi connectivity index (χ3n) is 5.26. The Kier molecular flexibility index (Phi) is 4.00. The van der Waals surface area contributed by atoms with Crippen LogP contribution in [-0.2, 0) is 10.2 Å². The minimum Gasteiger partial charge on any atom is -0.465 e. The SMILES string of the molecule is COC(=O)c1cc(Br)ccc1-c1cccc2c1C(C)(C)c1ccccc1-2. The molecule has 130 valence electrons. The van der Waals surface area contributed by atoms with E-state index < -0.39 is 0 Å². The van der Waals surface area contributed by atoms with Crippen molar-refractivity contribution in [3.8, 4) is 22.3 Å². The van der Waals surface area contributed by atoms with Gasteiger partial charge in [0, 0.05) is 9.89 Å². The Bertz CT molecular complexity index is 1030. The summed E-state index contributed by atoms with van der Waals surface area (Å²) in [5.41, 5.74) is 7.50. The normalized spacial score (nSPS) is 13.8. The number of rotatable bonds is 2. The first-order chi connectivity index (χ1) is 12.4. The predicted molar refractivity (Wildman–Crippen MR) is 108 cm³/mol. The molecule has 26 heavy (non-hydrogen) atoms. The number of ether oxygens (including phenoxy) is 1. The third-order valence-corrected chi connectivity index (χ3v) is 5.75. The molecule has 0 bridgehead atoms. The average Bonchev–Trinajstić information content (AvgIpc) is 2.89. The molecule has 3 heteroatoms. The van der Waals surface area contributed by atoms with E-state index in [2.05, 4.69) is 72.2 Å². The van der Waals surface area contributed by atoms with Crippen molar-refractivity contribution in [3.05, 3.63) is 81.8 Å². The maximum Gasteiger partial charge on any atom is 0.338 e. The van der Waals surface area contributed by atoms with E-state index >= 15 is 0 Å². The minimum atomic E-state index is -0.327. The van der Waals surface area contributed by atoms with Gasteiger partial charge in [-0.15, -0.1) is 0 Å². The van der Waals surface area contributed by atoms with Crippen molar-refractivity contribution < 1.29 is 9.53 Å². The second-order valence-electron chi connectivity index (χ2n) is 7.08. The Balaban J connectivity index is 2.03. The van der Waals surface area contributed by atoms with Gasteiger partial charge in [0.25, 0.3) is 0 Å². The number of carbonyl (C=O) groups is 1. The highest BCUT2D eigenvalue weighted by Gasteiger charge is 2.37. The zero-order valence-electron chi connectivity index (χ0n) is 15.0. The van der Waals surface area contributed by atoms with E-state index in [1.807, 2.05) is 18.2 Å². The molecule has 1 aliphatic rings. The lowest BCUT2D eigenvalue weighted by atomic mass is 9.78. The standard InChI is InChI=1S/C23H19BrO2/c1-23(2)20-10-5-4-7-16(20)18-9-6-8-17(21(18)23)15-12-11-14(24)13-19(15)22(25)26-3/h4-13H,1-3H3. The molecule has 3 aromatic carbocycles. The van der Waals surface area contributed by atoms with Crippen LogP contribution >= 0.6 is 15.9 Å². The quantitative estimate of drug-likeness (QED) is 0.472. The van der Waals surface area contributed by atoms with Crippen LogP contribution in [0.2, 0.25) is 0 Å². The minimum absolute atomic E-state index is 0.136. The molecule has 0 fully saturated rings. The van der Waals surface area contributed by atoms with Gasteiger partial charge in [-0.1, -0.05) is 78.3 Å². The second-order valence-corrected chi connectivity index (χ2v) is 8.00. The molecule has 0 saturated heterocycles. The van der Waals surface area contributed by atoms with E-state index in [0.29, 0.717) is 5.56 Å². The van der Waals surface area contributed by atoms with Crippen LogP contribution in [0.15, 0.2) is 65.1 Å². The van der Waals surface area contributed by atoms with Crippen LogP contribution in [-0.4, -0.2) is 13.1 Å². The number of carbonyl (C=O) groups excluding carboxylic acids is 1. The van der Waals surface area contributed by atoms with Crippen molar-refractivity contribution in [2.75, 3.05) is 7.11 Å². The molecule has 0 amide bonds. The first-order valence-corrected chi connectivity index (χ1v) is 9.36. The van der Waals surface area contributed by atoms with Gasteiger partial charge in [0.15, 0.2) is 0 Å². The highest BCUT2D eigenvalue weighted by Crippen LogP contribution is 2.52. The average molecular weight is 407 g/mol. The summed E-state index contributed by atoms with van der Waals surface area (Å²) in [5.74, 6) is -0.327. The van der Waals surface area contributed by atoms with Crippen LogP contribution in [0.1, 0.15) is 35.3 Å². The fourth-order valence-corrected chi connectivity index (χ4v) is 4.46. The van der Waals surface area contributed by atoms with Gasteiger partial charge in [-0.05, 0) is 45.5 Å². The molecule has 4 rings (SSSR count). The molecule has 0 radical (unpaired) electrons. The van der Waals surface area contributed by atoms with Crippen molar-refractivity contribution in [2.45, 2.75) is 19.3 Å². The van der Waals surface area contributed by atoms with E-state index in [-0.39, 0.29) is 11.4 Å². The lowest BCUT2D eigenvalue weighted by molar-refractivity contribution is 0.0601. The summed E-state index contributed by atoms with van der Waals surface area (Å²) >= 11 is 3.47. The van der Waals surface area contributed by atoms with Gasteiger partial charge in [0.1, 0.15) is 0 Å². The van der Waals surface area contributed by atoms with Crippen LogP contribution in [0.4, 0.5) is 0 Å². The molecule has 0 atom stereocenters. The fraction of sp³-hybridized carbons (Fsp3) is 0.174. The van der Waals surface area contributed by atoms with Crippen molar-refractivity contribution in [1.82, 2.24) is 0 Å². The first kappa shape index (κ1) is 17.0. The van der Waals surface area contributed by atoms with Gasteiger partial charge >= 0.3 is 5.97 Å². The monoisotopic (exact) mass is 406 g/mol. The molecule has 3 aromatic rings. The summed E-state index contributed by atoms with van der Waals surface area (Å²) in [6, 6.07) is 20.7. The highest BCUT2D eigenvalue weighted by atomic mass is 79.9. The molecule has 0 heterocycles. The van der Waals surface area contributed by atoms with Gasteiger partial charge in [0.2, 0.25) is 0 Å². The van der Waals surface area contributed by atoms with Crippen LogP contribution in [0, 0.1) is 0 Å². The lowest BCUT2D eigenvalue weighted by Crippen LogP contribution is -2.16. The maximum atomic E-state index is 12.4. The predicted octanol–water partition coefficient (Wildman–Crippen LogP) is 6.21. The molecular weight excluding hydrogens is 388 g/mol. The van der Waals surface area contributed by atoms with Gasteiger partial charge < -0.3 is 4.74 Å². The zero-order valence-corrected chi connectivity index (χ0v) is 16.6. The molecule has 0 N–H and O–H groups in total. The molecule has 2 nitrogen and oxygen atoms in total. The van der Waals surface area contributed by atoms with Gasteiger partial charge in [-0.3, -0.25) is 0 Å². The molecule has 0 spiro atoms. The van der Waals surface area contributed by atoms with Crippen molar-refractivity contribution in [3.63, 3.8) is 0 Å². The Hall–Kier alpha value is -2.39. The Morgan fingerprint density at radius 2 is 1.54 bits per heavy atom. The van der Waals surface area contributed by atoms with Crippen molar-refractivity contribution in [2.24, 2.45) is 0 Å². The number of hydrogen-bond donors (Lipinski definition) is 0. The molecule has 0 aliphatic heterocycles. The molecule has 1 aliphatic carbocycles. The van der Waals surface area contributed by atoms with Crippen LogP contribution in [0.3, 0.4) is 0 Å². The van der Waals surface area contributed by atoms with Crippen LogP contribution in [0.5, 0.6) is 0 Å². The van der Waals surface area contributed by atoms with E-state index in [1.165, 1.54) is 29.4 Å². The van der Waals surface area contributed by atoms with E-state index in [1.54, 1.807) is 0 Å².